The van der Waals surface area contributed by atoms with Crippen molar-refractivity contribution in [3.63, 3.8) is 0 Å². The highest BCUT2D eigenvalue weighted by Crippen LogP contribution is 2.30. The van der Waals surface area contributed by atoms with Gasteiger partial charge in [0.05, 0.1) is 5.69 Å². The van der Waals surface area contributed by atoms with Gasteiger partial charge in [0.1, 0.15) is 0 Å². The zero-order chi connectivity index (χ0) is 17.6. The first-order valence-corrected chi connectivity index (χ1v) is 8.25. The molecule has 2 N–H and O–H groups in total. The van der Waals surface area contributed by atoms with E-state index in [4.69, 9.17) is 0 Å². The van der Waals surface area contributed by atoms with Gasteiger partial charge in [-0.25, -0.2) is 4.79 Å². The third-order valence-electron chi connectivity index (χ3n) is 3.93. The molecule has 6 heteroatoms. The maximum atomic E-state index is 12.1. The lowest BCUT2D eigenvalue weighted by molar-refractivity contribution is -0.111. The van der Waals surface area contributed by atoms with Crippen LogP contribution in [0.4, 0.5) is 16.2 Å². The van der Waals surface area contributed by atoms with E-state index in [1.165, 1.54) is 6.08 Å². The first-order chi connectivity index (χ1) is 12.2. The minimum atomic E-state index is -0.230. The Labute approximate surface area is 146 Å². The zero-order valence-corrected chi connectivity index (χ0v) is 14.0. The number of anilines is 2. The highest BCUT2D eigenvalue weighted by Gasteiger charge is 2.24. The molecular formula is C19H20N4O2. The van der Waals surface area contributed by atoms with Crippen LogP contribution < -0.4 is 15.5 Å². The third-order valence-corrected chi connectivity index (χ3v) is 3.93. The van der Waals surface area contributed by atoms with E-state index in [0.29, 0.717) is 18.8 Å². The number of hydrogen-bond donors (Lipinski definition) is 2. The summed E-state index contributed by atoms with van der Waals surface area (Å²) in [6.07, 6.45) is 7.36. The lowest BCUT2D eigenvalue weighted by Gasteiger charge is -2.18. The van der Waals surface area contributed by atoms with Crippen molar-refractivity contribution in [1.82, 2.24) is 10.3 Å². The van der Waals surface area contributed by atoms with Gasteiger partial charge in [-0.05, 0) is 48.7 Å². The van der Waals surface area contributed by atoms with Gasteiger partial charge in [-0.1, -0.05) is 12.1 Å². The summed E-state index contributed by atoms with van der Waals surface area (Å²) in [7, 11) is 0. The van der Waals surface area contributed by atoms with E-state index in [1.807, 2.05) is 37.3 Å². The fourth-order valence-corrected chi connectivity index (χ4v) is 2.74. The molecule has 0 aliphatic carbocycles. The second-order valence-corrected chi connectivity index (χ2v) is 5.69. The highest BCUT2D eigenvalue weighted by atomic mass is 16.2. The smallest absolute Gasteiger partial charge is 0.321 e. The Kier molecular flexibility index (Phi) is 5.09. The number of fused-ring (bicyclic) bond motifs is 1. The molecule has 0 unspecified atom stereocenters. The summed E-state index contributed by atoms with van der Waals surface area (Å²) < 4.78 is 0. The van der Waals surface area contributed by atoms with Crippen molar-refractivity contribution in [3.05, 3.63) is 59.9 Å². The van der Waals surface area contributed by atoms with Gasteiger partial charge in [0.15, 0.2) is 0 Å². The molecule has 0 saturated heterocycles. The fraction of sp³-hybridized carbons (Fsp3) is 0.211. The molecule has 0 bridgehead atoms. The maximum absolute atomic E-state index is 12.1. The van der Waals surface area contributed by atoms with Crippen molar-refractivity contribution in [3.8, 4) is 0 Å². The Balaban J connectivity index is 1.70. The normalized spacial score (nSPS) is 12.9. The van der Waals surface area contributed by atoms with Gasteiger partial charge in [0.2, 0.25) is 5.91 Å². The van der Waals surface area contributed by atoms with Gasteiger partial charge >= 0.3 is 6.03 Å². The molecule has 25 heavy (non-hydrogen) atoms. The van der Waals surface area contributed by atoms with E-state index in [2.05, 4.69) is 15.6 Å². The van der Waals surface area contributed by atoms with Crippen molar-refractivity contribution < 1.29 is 9.59 Å². The molecule has 1 aromatic heterocycles. The highest BCUT2D eigenvalue weighted by molar-refractivity contribution is 6.03. The summed E-state index contributed by atoms with van der Waals surface area (Å²) in [6, 6.07) is 9.23. The molecule has 1 aliphatic rings. The number of urea groups is 1. The van der Waals surface area contributed by atoms with Crippen LogP contribution in [0.1, 0.15) is 18.1 Å². The van der Waals surface area contributed by atoms with E-state index >= 15 is 0 Å². The van der Waals surface area contributed by atoms with E-state index in [-0.39, 0.29) is 11.9 Å². The molecule has 3 rings (SSSR count). The Hall–Kier alpha value is -3.15. The Bertz CT molecular complexity index is 802. The Morgan fingerprint density at radius 3 is 2.96 bits per heavy atom. The summed E-state index contributed by atoms with van der Waals surface area (Å²) >= 11 is 0. The van der Waals surface area contributed by atoms with Crippen LogP contribution in [-0.4, -0.2) is 30.0 Å². The number of pyridine rings is 1. The van der Waals surface area contributed by atoms with E-state index in [1.54, 1.807) is 23.4 Å². The van der Waals surface area contributed by atoms with Gasteiger partial charge in [-0.3, -0.25) is 14.7 Å². The molecule has 2 heterocycles. The molecular weight excluding hydrogens is 316 g/mol. The quantitative estimate of drug-likeness (QED) is 0.843. The number of amides is 3. The Morgan fingerprint density at radius 2 is 2.20 bits per heavy atom. The number of aromatic nitrogens is 1. The summed E-state index contributed by atoms with van der Waals surface area (Å²) in [6.45, 7) is 3.12. The number of nitrogens with zero attached hydrogens (tertiary/aromatic N) is 2. The lowest BCUT2D eigenvalue weighted by atomic mass is 10.1. The number of carbonyl (C=O) groups excluding carboxylic acids is 2. The van der Waals surface area contributed by atoms with Crippen molar-refractivity contribution in [2.75, 3.05) is 23.3 Å². The molecule has 1 aliphatic heterocycles. The number of rotatable bonds is 4. The predicted octanol–water partition coefficient (Wildman–Crippen LogP) is 2.83. The maximum Gasteiger partial charge on any atom is 0.321 e. The second-order valence-electron chi connectivity index (χ2n) is 5.69. The summed E-state index contributed by atoms with van der Waals surface area (Å²) in [5.74, 6) is -0.230. The summed E-state index contributed by atoms with van der Waals surface area (Å²) in [5, 5.41) is 5.64. The lowest BCUT2D eigenvalue weighted by Crippen LogP contribution is -2.38. The second kappa shape index (κ2) is 7.61. The molecule has 0 atom stereocenters. The molecule has 3 amide bonds. The largest absolute Gasteiger partial charge is 0.338 e. The minimum absolute atomic E-state index is 0.110. The standard InChI is InChI=1S/C19H20N4O2/c1-2-21-19(25)23-11-9-15-6-7-16(12-17(15)23)22-18(24)8-5-14-4-3-10-20-13-14/h3-8,10,12-13H,2,9,11H2,1H3,(H,21,25)(H,22,24)/b8-5-. The van der Waals surface area contributed by atoms with Crippen LogP contribution in [0.25, 0.3) is 6.08 Å². The molecule has 6 nitrogen and oxygen atoms in total. The number of benzene rings is 1. The van der Waals surface area contributed by atoms with Crippen molar-refractivity contribution >= 4 is 29.4 Å². The number of carbonyl (C=O) groups is 2. The molecule has 0 radical (unpaired) electrons. The molecule has 2 aromatic rings. The Morgan fingerprint density at radius 1 is 1.32 bits per heavy atom. The van der Waals surface area contributed by atoms with Crippen LogP contribution in [0.15, 0.2) is 48.8 Å². The average molecular weight is 336 g/mol. The van der Waals surface area contributed by atoms with E-state index in [9.17, 15) is 9.59 Å². The van der Waals surface area contributed by atoms with Gasteiger partial charge in [0, 0.05) is 37.2 Å². The first kappa shape index (κ1) is 16.7. The minimum Gasteiger partial charge on any atom is -0.338 e. The first-order valence-electron chi connectivity index (χ1n) is 8.25. The summed E-state index contributed by atoms with van der Waals surface area (Å²) in [5.41, 5.74) is 3.47. The zero-order valence-electron chi connectivity index (χ0n) is 14.0. The van der Waals surface area contributed by atoms with Crippen LogP contribution >= 0.6 is 0 Å². The molecule has 0 spiro atoms. The number of nitrogens with one attached hydrogen (secondary N) is 2. The molecule has 128 valence electrons. The van der Waals surface area contributed by atoms with Crippen LogP contribution in [0, 0.1) is 0 Å². The molecule has 0 saturated carbocycles. The third kappa shape index (κ3) is 4.03. The van der Waals surface area contributed by atoms with Gasteiger partial charge in [-0.2, -0.15) is 0 Å². The van der Waals surface area contributed by atoms with Crippen LogP contribution in [0.5, 0.6) is 0 Å². The van der Waals surface area contributed by atoms with Crippen LogP contribution in [0.3, 0.4) is 0 Å². The van der Waals surface area contributed by atoms with Crippen molar-refractivity contribution in [2.24, 2.45) is 0 Å². The van der Waals surface area contributed by atoms with E-state index < -0.39 is 0 Å². The number of hydrogen-bond acceptors (Lipinski definition) is 3. The van der Waals surface area contributed by atoms with Gasteiger partial charge in [0.25, 0.3) is 0 Å². The molecule has 0 fully saturated rings. The molecule has 1 aromatic carbocycles. The van der Waals surface area contributed by atoms with Crippen molar-refractivity contribution in [2.45, 2.75) is 13.3 Å². The fourth-order valence-electron chi connectivity index (χ4n) is 2.74. The van der Waals surface area contributed by atoms with Crippen LogP contribution in [0.2, 0.25) is 0 Å². The average Bonchev–Trinajstić information content (AvgIpc) is 3.04. The SMILES string of the molecule is CCNC(=O)N1CCc2ccc(NC(=O)/C=C\c3cccnc3)cc21. The van der Waals surface area contributed by atoms with E-state index in [0.717, 1.165) is 23.2 Å². The van der Waals surface area contributed by atoms with Gasteiger partial charge < -0.3 is 10.6 Å². The topological polar surface area (TPSA) is 74.3 Å². The summed E-state index contributed by atoms with van der Waals surface area (Å²) in [4.78, 5) is 29.9. The monoisotopic (exact) mass is 336 g/mol. The van der Waals surface area contributed by atoms with Crippen LogP contribution in [-0.2, 0) is 11.2 Å². The van der Waals surface area contributed by atoms with Crippen molar-refractivity contribution in [1.29, 1.82) is 0 Å². The predicted molar refractivity (Wildman–Crippen MR) is 98.5 cm³/mol. The van der Waals surface area contributed by atoms with Gasteiger partial charge in [-0.15, -0.1) is 0 Å².